The van der Waals surface area contributed by atoms with E-state index in [-0.39, 0.29) is 0 Å². The molecule has 0 heterocycles. The van der Waals surface area contributed by atoms with Crippen molar-refractivity contribution < 1.29 is 5.11 Å². The summed E-state index contributed by atoms with van der Waals surface area (Å²) < 4.78 is 0. The molecule has 4 fully saturated rings. The summed E-state index contributed by atoms with van der Waals surface area (Å²) in [7, 11) is 0. The third-order valence-electron chi connectivity index (χ3n) is 6.10. The highest BCUT2D eigenvalue weighted by Crippen LogP contribution is 2.57. The van der Waals surface area contributed by atoms with Crippen molar-refractivity contribution in [3.05, 3.63) is 29.8 Å². The lowest BCUT2D eigenvalue weighted by Crippen LogP contribution is -2.45. The largest absolute Gasteiger partial charge is 0.508 e. The van der Waals surface area contributed by atoms with E-state index in [9.17, 15) is 5.11 Å². The molecule has 4 saturated carbocycles. The van der Waals surface area contributed by atoms with Crippen molar-refractivity contribution in [2.45, 2.75) is 44.9 Å². The molecule has 4 aliphatic rings. The molecule has 0 atom stereocenters. The van der Waals surface area contributed by atoms with E-state index in [1.165, 1.54) is 37.7 Å². The predicted octanol–water partition coefficient (Wildman–Crippen LogP) is 4.40. The molecule has 4 aliphatic carbocycles. The Labute approximate surface area is 116 Å². The van der Waals surface area contributed by atoms with E-state index in [1.54, 1.807) is 12.5 Å². The Hall–Kier alpha value is -0.980. The molecule has 1 aromatic rings. The summed E-state index contributed by atoms with van der Waals surface area (Å²) in [4.78, 5) is 0. The van der Waals surface area contributed by atoms with Gasteiger partial charge in [0.1, 0.15) is 5.75 Å². The summed E-state index contributed by atoms with van der Waals surface area (Å²) in [5.41, 5.74) is 1.31. The Kier molecular flexibility index (Phi) is 2.82. The third-order valence-corrected chi connectivity index (χ3v) is 6.10. The van der Waals surface area contributed by atoms with Crippen LogP contribution in [0.25, 0.3) is 0 Å². The maximum atomic E-state index is 9.55. The molecule has 1 nitrogen and oxygen atoms in total. The van der Waals surface area contributed by atoms with Crippen LogP contribution >= 0.6 is 0 Å². The molecule has 0 unspecified atom stereocenters. The highest BCUT2D eigenvalue weighted by Gasteiger charge is 2.47. The van der Waals surface area contributed by atoms with E-state index >= 15 is 0 Å². The Morgan fingerprint density at radius 1 is 0.947 bits per heavy atom. The zero-order chi connectivity index (χ0) is 12.8. The number of aryl methyl sites for hydroxylation is 1. The van der Waals surface area contributed by atoms with Gasteiger partial charge in [0.2, 0.25) is 0 Å². The standard InChI is InChI=1S/C18H24O/c19-17-3-1-2-12(11-17)4-5-18-15-7-13-6-14(9-15)10-16(18)8-13/h1-3,11,13-16,18-19H,4-10H2. The summed E-state index contributed by atoms with van der Waals surface area (Å²) >= 11 is 0. The quantitative estimate of drug-likeness (QED) is 0.850. The van der Waals surface area contributed by atoms with Crippen LogP contribution in [0.5, 0.6) is 5.75 Å². The summed E-state index contributed by atoms with van der Waals surface area (Å²) in [6.07, 6.45) is 10.1. The van der Waals surface area contributed by atoms with Gasteiger partial charge in [-0.1, -0.05) is 12.1 Å². The molecular formula is C18H24O. The van der Waals surface area contributed by atoms with Gasteiger partial charge in [-0.05, 0) is 92.2 Å². The van der Waals surface area contributed by atoms with Gasteiger partial charge < -0.3 is 5.11 Å². The van der Waals surface area contributed by atoms with Crippen LogP contribution in [0, 0.1) is 29.6 Å². The number of phenols is 1. The van der Waals surface area contributed by atoms with Gasteiger partial charge >= 0.3 is 0 Å². The van der Waals surface area contributed by atoms with Crippen LogP contribution in [0.1, 0.15) is 44.1 Å². The molecule has 0 amide bonds. The fraction of sp³-hybridized carbons (Fsp3) is 0.667. The van der Waals surface area contributed by atoms with E-state index in [0.717, 1.165) is 36.0 Å². The highest BCUT2D eigenvalue weighted by molar-refractivity contribution is 5.27. The van der Waals surface area contributed by atoms with Gasteiger partial charge in [0, 0.05) is 0 Å². The first-order valence-corrected chi connectivity index (χ1v) is 8.06. The minimum atomic E-state index is 0.419. The average Bonchev–Trinajstić information content (AvgIpc) is 2.37. The maximum absolute atomic E-state index is 9.55. The van der Waals surface area contributed by atoms with Crippen LogP contribution in [0.2, 0.25) is 0 Å². The van der Waals surface area contributed by atoms with Crippen LogP contribution in [-0.2, 0) is 6.42 Å². The number of rotatable bonds is 3. The minimum absolute atomic E-state index is 0.419. The predicted molar refractivity (Wildman–Crippen MR) is 77.0 cm³/mol. The molecule has 0 aromatic heterocycles. The van der Waals surface area contributed by atoms with Crippen LogP contribution in [0.15, 0.2) is 24.3 Å². The lowest BCUT2D eigenvalue weighted by molar-refractivity contribution is -0.0394. The molecule has 4 bridgehead atoms. The number of benzene rings is 1. The van der Waals surface area contributed by atoms with Crippen LogP contribution in [0.4, 0.5) is 0 Å². The van der Waals surface area contributed by atoms with Crippen molar-refractivity contribution >= 4 is 0 Å². The zero-order valence-electron chi connectivity index (χ0n) is 11.6. The Morgan fingerprint density at radius 2 is 1.63 bits per heavy atom. The second kappa shape index (κ2) is 4.54. The van der Waals surface area contributed by atoms with Crippen molar-refractivity contribution in [2.24, 2.45) is 29.6 Å². The summed E-state index contributed by atoms with van der Waals surface area (Å²) in [5.74, 6) is 5.64. The summed E-state index contributed by atoms with van der Waals surface area (Å²) in [5, 5.41) is 9.55. The van der Waals surface area contributed by atoms with Gasteiger partial charge in [-0.3, -0.25) is 0 Å². The molecule has 0 saturated heterocycles. The molecule has 102 valence electrons. The third kappa shape index (κ3) is 2.17. The highest BCUT2D eigenvalue weighted by atomic mass is 16.3. The average molecular weight is 256 g/mol. The van der Waals surface area contributed by atoms with Crippen molar-refractivity contribution in [2.75, 3.05) is 0 Å². The minimum Gasteiger partial charge on any atom is -0.508 e. The fourth-order valence-corrected chi connectivity index (χ4v) is 5.55. The van der Waals surface area contributed by atoms with Crippen molar-refractivity contribution in [3.8, 4) is 5.75 Å². The van der Waals surface area contributed by atoms with E-state index in [1.807, 2.05) is 12.1 Å². The first kappa shape index (κ1) is 11.8. The van der Waals surface area contributed by atoms with Crippen LogP contribution < -0.4 is 0 Å². The topological polar surface area (TPSA) is 20.2 Å². The van der Waals surface area contributed by atoms with Crippen molar-refractivity contribution in [1.29, 1.82) is 0 Å². The molecule has 0 radical (unpaired) electrons. The smallest absolute Gasteiger partial charge is 0.115 e. The van der Waals surface area contributed by atoms with E-state index in [4.69, 9.17) is 0 Å². The Bertz CT molecular complexity index is 437. The summed E-state index contributed by atoms with van der Waals surface area (Å²) in [6, 6.07) is 7.85. The Morgan fingerprint density at radius 3 is 2.26 bits per heavy atom. The lowest BCUT2D eigenvalue weighted by Gasteiger charge is -2.54. The lowest BCUT2D eigenvalue weighted by atomic mass is 9.51. The van der Waals surface area contributed by atoms with Crippen molar-refractivity contribution in [1.82, 2.24) is 0 Å². The number of aromatic hydroxyl groups is 1. The van der Waals surface area contributed by atoms with E-state index in [2.05, 4.69) is 6.07 Å². The number of phenolic OH excluding ortho intramolecular Hbond substituents is 1. The maximum Gasteiger partial charge on any atom is 0.115 e. The van der Waals surface area contributed by atoms with Gasteiger partial charge in [0.15, 0.2) is 0 Å². The van der Waals surface area contributed by atoms with Gasteiger partial charge in [-0.15, -0.1) is 0 Å². The van der Waals surface area contributed by atoms with Gasteiger partial charge in [0.25, 0.3) is 0 Å². The van der Waals surface area contributed by atoms with Crippen molar-refractivity contribution in [3.63, 3.8) is 0 Å². The molecule has 1 aromatic carbocycles. The monoisotopic (exact) mass is 256 g/mol. The van der Waals surface area contributed by atoms with E-state index < -0.39 is 0 Å². The first-order chi connectivity index (χ1) is 9.28. The molecule has 1 N–H and O–H groups in total. The second-order valence-electron chi connectivity index (χ2n) is 7.30. The molecule has 1 heteroatoms. The summed E-state index contributed by atoms with van der Waals surface area (Å²) in [6.45, 7) is 0. The molecule has 0 aliphatic heterocycles. The van der Waals surface area contributed by atoms with Gasteiger partial charge in [-0.2, -0.15) is 0 Å². The molecule has 19 heavy (non-hydrogen) atoms. The van der Waals surface area contributed by atoms with Gasteiger partial charge in [0.05, 0.1) is 0 Å². The number of hydrogen-bond donors (Lipinski definition) is 1. The normalized spacial score (nSPS) is 39.7. The molecule has 5 rings (SSSR count). The van der Waals surface area contributed by atoms with Crippen LogP contribution in [0.3, 0.4) is 0 Å². The fourth-order valence-electron chi connectivity index (χ4n) is 5.55. The number of hydrogen-bond acceptors (Lipinski definition) is 1. The first-order valence-electron chi connectivity index (χ1n) is 8.06. The zero-order valence-corrected chi connectivity index (χ0v) is 11.6. The van der Waals surface area contributed by atoms with Gasteiger partial charge in [-0.25, -0.2) is 0 Å². The molecule has 0 spiro atoms. The van der Waals surface area contributed by atoms with E-state index in [0.29, 0.717) is 5.75 Å². The van der Waals surface area contributed by atoms with Crippen LogP contribution in [-0.4, -0.2) is 5.11 Å². The SMILES string of the molecule is Oc1cccc(CCC2C3CC4CC(C3)CC2C4)c1. The Balaban J connectivity index is 1.43. The molecular weight excluding hydrogens is 232 g/mol. The second-order valence-corrected chi connectivity index (χ2v) is 7.30.